The predicted octanol–water partition coefficient (Wildman–Crippen LogP) is 4.17. The number of carboxylic acid groups (broad SMARTS) is 2. The molecule has 0 spiro atoms. The largest absolute Gasteiger partial charge is 0.478 e. The van der Waals surface area contributed by atoms with E-state index >= 15 is 0 Å². The van der Waals surface area contributed by atoms with E-state index in [0.29, 0.717) is 11.1 Å². The molecule has 2 aromatic carbocycles. The molecule has 0 heterocycles. The van der Waals surface area contributed by atoms with E-state index in [1.807, 2.05) is 6.07 Å². The summed E-state index contributed by atoms with van der Waals surface area (Å²) in [6.07, 6.45) is 1.25. The van der Waals surface area contributed by atoms with Crippen LogP contribution in [0.1, 0.15) is 41.0 Å². The van der Waals surface area contributed by atoms with Crippen molar-refractivity contribution < 1.29 is 19.8 Å². The fourth-order valence-electron chi connectivity index (χ4n) is 1.82. The molecule has 4 heteroatoms. The Morgan fingerprint density at radius 3 is 1.90 bits per heavy atom. The highest BCUT2D eigenvalue weighted by atomic mass is 16.4. The summed E-state index contributed by atoms with van der Waals surface area (Å²) in [6, 6.07) is 13.3. The van der Waals surface area contributed by atoms with Gasteiger partial charge in [-0.05, 0) is 17.2 Å². The fraction of sp³-hybridized carbons (Fsp3) is 0.176. The standard InChI is InChI=1S/C14H10O4.C3H8/c15-13(16)11-8-4-7-10(12(11)14(17)18)9-5-2-1-3-6-9;1-3-2/h1-8H,(H,15,16)(H,17,18);3H2,1-2H3. The van der Waals surface area contributed by atoms with Gasteiger partial charge < -0.3 is 10.2 Å². The summed E-state index contributed by atoms with van der Waals surface area (Å²) in [5.74, 6) is -2.49. The Morgan fingerprint density at radius 2 is 1.43 bits per heavy atom. The molecule has 2 rings (SSSR count). The molecule has 0 radical (unpaired) electrons. The molecular weight excluding hydrogens is 268 g/mol. The van der Waals surface area contributed by atoms with E-state index in [0.717, 1.165) is 0 Å². The van der Waals surface area contributed by atoms with Crippen LogP contribution < -0.4 is 0 Å². The molecule has 4 nitrogen and oxygen atoms in total. The van der Waals surface area contributed by atoms with E-state index < -0.39 is 11.9 Å². The maximum Gasteiger partial charge on any atom is 0.337 e. The van der Waals surface area contributed by atoms with Crippen LogP contribution in [-0.4, -0.2) is 22.2 Å². The second-order valence-electron chi connectivity index (χ2n) is 4.41. The zero-order chi connectivity index (χ0) is 15.8. The number of hydrogen-bond acceptors (Lipinski definition) is 2. The van der Waals surface area contributed by atoms with Gasteiger partial charge in [0.05, 0.1) is 11.1 Å². The Kier molecular flexibility index (Phi) is 6.14. The molecule has 0 saturated heterocycles. The van der Waals surface area contributed by atoms with Gasteiger partial charge in [0.25, 0.3) is 0 Å². The maximum atomic E-state index is 11.3. The number of rotatable bonds is 3. The predicted molar refractivity (Wildman–Crippen MR) is 81.8 cm³/mol. The number of carboxylic acids is 2. The van der Waals surface area contributed by atoms with Crippen molar-refractivity contribution in [2.45, 2.75) is 20.3 Å². The zero-order valence-corrected chi connectivity index (χ0v) is 12.0. The maximum absolute atomic E-state index is 11.3. The minimum Gasteiger partial charge on any atom is -0.478 e. The highest BCUT2D eigenvalue weighted by Crippen LogP contribution is 2.26. The molecule has 0 unspecified atom stereocenters. The Morgan fingerprint density at radius 1 is 0.857 bits per heavy atom. The van der Waals surface area contributed by atoms with Crippen LogP contribution in [-0.2, 0) is 0 Å². The lowest BCUT2D eigenvalue weighted by Gasteiger charge is -2.08. The SMILES string of the molecule is CCC.O=C(O)c1cccc(-c2ccccc2)c1C(=O)O. The van der Waals surface area contributed by atoms with Crippen molar-refractivity contribution in [2.75, 3.05) is 0 Å². The normalized spacial score (nSPS) is 9.43. The van der Waals surface area contributed by atoms with Gasteiger partial charge in [0.1, 0.15) is 0 Å². The molecule has 0 amide bonds. The van der Waals surface area contributed by atoms with E-state index in [4.69, 9.17) is 5.11 Å². The lowest BCUT2D eigenvalue weighted by atomic mass is 9.95. The van der Waals surface area contributed by atoms with Crippen molar-refractivity contribution in [3.05, 3.63) is 59.7 Å². The summed E-state index contributed by atoms with van der Waals surface area (Å²) in [5.41, 5.74) is 0.695. The molecule has 0 aromatic heterocycles. The van der Waals surface area contributed by atoms with Crippen LogP contribution in [0.5, 0.6) is 0 Å². The average Bonchev–Trinajstić information content (AvgIpc) is 2.48. The first-order valence-corrected chi connectivity index (χ1v) is 6.67. The lowest BCUT2D eigenvalue weighted by Crippen LogP contribution is -2.09. The van der Waals surface area contributed by atoms with Crippen molar-refractivity contribution in [3.8, 4) is 11.1 Å². The van der Waals surface area contributed by atoms with Gasteiger partial charge in [0, 0.05) is 0 Å². The summed E-state index contributed by atoms with van der Waals surface area (Å²) >= 11 is 0. The molecule has 2 aromatic rings. The van der Waals surface area contributed by atoms with Crippen molar-refractivity contribution in [3.63, 3.8) is 0 Å². The second-order valence-corrected chi connectivity index (χ2v) is 4.41. The molecule has 2 N–H and O–H groups in total. The van der Waals surface area contributed by atoms with Crippen molar-refractivity contribution >= 4 is 11.9 Å². The van der Waals surface area contributed by atoms with E-state index in [-0.39, 0.29) is 11.1 Å². The van der Waals surface area contributed by atoms with Crippen LogP contribution in [0.3, 0.4) is 0 Å². The number of aromatic carboxylic acids is 2. The highest BCUT2D eigenvalue weighted by Gasteiger charge is 2.20. The van der Waals surface area contributed by atoms with Gasteiger partial charge in [-0.1, -0.05) is 62.7 Å². The third-order valence-electron chi connectivity index (χ3n) is 2.59. The first-order valence-electron chi connectivity index (χ1n) is 6.67. The van der Waals surface area contributed by atoms with Crippen LogP contribution >= 0.6 is 0 Å². The van der Waals surface area contributed by atoms with Crippen LogP contribution in [0.4, 0.5) is 0 Å². The molecule has 21 heavy (non-hydrogen) atoms. The lowest BCUT2D eigenvalue weighted by molar-refractivity contribution is 0.0652. The smallest absolute Gasteiger partial charge is 0.337 e. The van der Waals surface area contributed by atoms with E-state index in [2.05, 4.69) is 13.8 Å². The van der Waals surface area contributed by atoms with Crippen LogP contribution in [0.15, 0.2) is 48.5 Å². The van der Waals surface area contributed by atoms with Crippen LogP contribution in [0, 0.1) is 0 Å². The highest BCUT2D eigenvalue weighted by molar-refractivity contribution is 6.06. The van der Waals surface area contributed by atoms with Gasteiger partial charge in [-0.2, -0.15) is 0 Å². The average molecular weight is 286 g/mol. The monoisotopic (exact) mass is 286 g/mol. The summed E-state index contributed by atoms with van der Waals surface area (Å²) in [4.78, 5) is 22.3. The number of carbonyl (C=O) groups is 2. The van der Waals surface area contributed by atoms with Gasteiger partial charge >= 0.3 is 11.9 Å². The number of hydrogen-bond donors (Lipinski definition) is 2. The minimum atomic E-state index is -1.25. The number of benzene rings is 2. The molecule has 0 bridgehead atoms. The van der Waals surface area contributed by atoms with Crippen molar-refractivity contribution in [1.82, 2.24) is 0 Å². The molecule has 0 atom stereocenters. The molecule has 0 saturated carbocycles. The Labute approximate surface area is 123 Å². The summed E-state index contributed by atoms with van der Waals surface area (Å²) in [6.45, 7) is 4.25. The summed E-state index contributed by atoms with van der Waals surface area (Å²) in [7, 11) is 0. The summed E-state index contributed by atoms with van der Waals surface area (Å²) < 4.78 is 0. The van der Waals surface area contributed by atoms with E-state index in [1.165, 1.54) is 18.6 Å². The van der Waals surface area contributed by atoms with E-state index in [1.54, 1.807) is 30.3 Å². The Balaban J connectivity index is 0.000000677. The first kappa shape index (κ1) is 16.4. The third-order valence-corrected chi connectivity index (χ3v) is 2.59. The molecule has 0 aliphatic carbocycles. The molecule has 110 valence electrons. The van der Waals surface area contributed by atoms with Crippen molar-refractivity contribution in [1.29, 1.82) is 0 Å². The van der Waals surface area contributed by atoms with Gasteiger partial charge in [-0.15, -0.1) is 0 Å². The zero-order valence-electron chi connectivity index (χ0n) is 12.0. The summed E-state index contributed by atoms with van der Waals surface area (Å²) in [5, 5.41) is 18.2. The molecule has 0 aliphatic rings. The van der Waals surface area contributed by atoms with Gasteiger partial charge in [-0.25, -0.2) is 9.59 Å². The molecular formula is C17H18O4. The topological polar surface area (TPSA) is 74.6 Å². The van der Waals surface area contributed by atoms with Gasteiger partial charge in [0.15, 0.2) is 0 Å². The third kappa shape index (κ3) is 4.18. The molecule has 0 aliphatic heterocycles. The second kappa shape index (κ2) is 7.85. The Hall–Kier alpha value is -2.62. The van der Waals surface area contributed by atoms with Crippen molar-refractivity contribution in [2.24, 2.45) is 0 Å². The van der Waals surface area contributed by atoms with E-state index in [9.17, 15) is 14.7 Å². The van der Waals surface area contributed by atoms with Gasteiger partial charge in [0.2, 0.25) is 0 Å². The van der Waals surface area contributed by atoms with Crippen LogP contribution in [0.2, 0.25) is 0 Å². The first-order chi connectivity index (χ1) is 10.0. The Bertz CT molecular complexity index is 618. The fourth-order valence-corrected chi connectivity index (χ4v) is 1.82. The minimum absolute atomic E-state index is 0.184. The quantitative estimate of drug-likeness (QED) is 0.888. The van der Waals surface area contributed by atoms with Crippen LogP contribution in [0.25, 0.3) is 11.1 Å². The molecule has 0 fully saturated rings. The van der Waals surface area contributed by atoms with Gasteiger partial charge in [-0.3, -0.25) is 0 Å².